The van der Waals surface area contributed by atoms with E-state index in [0.717, 1.165) is 0 Å². The number of hydrogen-bond donors (Lipinski definition) is 0. The van der Waals surface area contributed by atoms with Crippen LogP contribution in [0.15, 0.2) is 54.6 Å². The predicted octanol–water partition coefficient (Wildman–Crippen LogP) is 5.41. The fourth-order valence-electron chi connectivity index (χ4n) is 2.30. The molecule has 0 unspecified atom stereocenters. The number of rotatable bonds is 4. The van der Waals surface area contributed by atoms with E-state index < -0.39 is 40.4 Å². The summed E-state index contributed by atoms with van der Waals surface area (Å²) >= 11 is 0. The van der Waals surface area contributed by atoms with Gasteiger partial charge in [-0.25, -0.2) is 22.0 Å². The van der Waals surface area contributed by atoms with Gasteiger partial charge in [-0.1, -0.05) is 30.3 Å². The fourth-order valence-corrected chi connectivity index (χ4v) is 2.30. The van der Waals surface area contributed by atoms with Gasteiger partial charge in [-0.2, -0.15) is 0 Å². The molecule has 0 fully saturated rings. The molecular weight excluding hydrogens is 355 g/mol. The van der Waals surface area contributed by atoms with Crippen LogP contribution < -0.4 is 4.74 Å². The van der Waals surface area contributed by atoms with Gasteiger partial charge in [0.2, 0.25) is 11.6 Å². The molecule has 26 heavy (non-hydrogen) atoms. The number of halogens is 5. The Bertz CT molecular complexity index is 958. The summed E-state index contributed by atoms with van der Waals surface area (Å²) in [6, 6.07) is 13.5. The van der Waals surface area contributed by atoms with Crippen molar-refractivity contribution in [1.29, 1.82) is 0 Å². The van der Waals surface area contributed by atoms with Crippen LogP contribution in [0.25, 0.3) is 0 Å². The maximum absolute atomic E-state index is 13.9. The molecule has 0 amide bonds. The van der Waals surface area contributed by atoms with Gasteiger partial charge in [-0.3, -0.25) is 4.79 Å². The van der Waals surface area contributed by atoms with Gasteiger partial charge < -0.3 is 4.74 Å². The zero-order valence-electron chi connectivity index (χ0n) is 12.9. The zero-order valence-corrected chi connectivity index (χ0v) is 12.9. The minimum atomic E-state index is -2.33. The Morgan fingerprint density at radius 1 is 0.654 bits per heavy atom. The fraction of sp³-hybridized carbons (Fsp3) is 0. The highest BCUT2D eigenvalue weighted by Crippen LogP contribution is 2.30. The minimum Gasteiger partial charge on any atom is -0.457 e. The lowest BCUT2D eigenvalue weighted by molar-refractivity contribution is 0.102. The number of para-hydroxylation sites is 2. The van der Waals surface area contributed by atoms with Crippen LogP contribution in [-0.4, -0.2) is 5.78 Å². The van der Waals surface area contributed by atoms with Crippen LogP contribution in [-0.2, 0) is 0 Å². The number of carbonyl (C=O) groups is 1. The van der Waals surface area contributed by atoms with Crippen LogP contribution in [0.2, 0.25) is 0 Å². The summed E-state index contributed by atoms with van der Waals surface area (Å²) < 4.78 is 73.2. The van der Waals surface area contributed by atoms with Crippen LogP contribution in [0.4, 0.5) is 22.0 Å². The van der Waals surface area contributed by atoms with Crippen molar-refractivity contribution >= 4 is 5.78 Å². The van der Waals surface area contributed by atoms with Crippen molar-refractivity contribution in [3.63, 3.8) is 0 Å². The van der Waals surface area contributed by atoms with Crippen molar-refractivity contribution in [3.8, 4) is 11.5 Å². The third-order valence-electron chi connectivity index (χ3n) is 3.54. The van der Waals surface area contributed by atoms with Gasteiger partial charge >= 0.3 is 0 Å². The lowest BCUT2D eigenvalue weighted by Gasteiger charge is -2.12. The first kappa shape index (κ1) is 17.6. The molecule has 3 rings (SSSR count). The van der Waals surface area contributed by atoms with Gasteiger partial charge in [0.05, 0.1) is 5.56 Å². The van der Waals surface area contributed by atoms with Gasteiger partial charge in [-0.05, 0) is 24.3 Å². The first-order chi connectivity index (χ1) is 12.4. The van der Waals surface area contributed by atoms with Gasteiger partial charge in [0.25, 0.3) is 0 Å². The zero-order chi connectivity index (χ0) is 18.8. The van der Waals surface area contributed by atoms with E-state index in [0.29, 0.717) is 5.75 Å². The molecule has 0 spiro atoms. The summed E-state index contributed by atoms with van der Waals surface area (Å²) in [6.07, 6.45) is 0. The summed E-state index contributed by atoms with van der Waals surface area (Å²) in [5.41, 5.74) is -1.88. The van der Waals surface area contributed by atoms with Crippen molar-refractivity contribution in [1.82, 2.24) is 0 Å². The Morgan fingerprint density at radius 2 is 1.15 bits per heavy atom. The number of ether oxygens (including phenoxy) is 1. The number of benzene rings is 3. The molecule has 0 atom stereocenters. The van der Waals surface area contributed by atoms with Crippen molar-refractivity contribution in [2.24, 2.45) is 0 Å². The summed E-state index contributed by atoms with van der Waals surface area (Å²) in [7, 11) is 0. The van der Waals surface area contributed by atoms with Crippen LogP contribution in [0, 0.1) is 29.1 Å². The third-order valence-corrected chi connectivity index (χ3v) is 3.54. The standard InChI is InChI=1S/C19H9F5O2/c20-14-13(15(21)17(23)18(24)16(14)22)19(25)11-8-4-5-9-12(11)26-10-6-2-1-3-7-10/h1-9H. The molecule has 0 bridgehead atoms. The van der Waals surface area contributed by atoms with Crippen molar-refractivity contribution in [2.45, 2.75) is 0 Å². The average Bonchev–Trinajstić information content (AvgIpc) is 2.66. The van der Waals surface area contributed by atoms with Gasteiger partial charge in [0.1, 0.15) is 17.1 Å². The Kier molecular flexibility index (Phi) is 4.71. The SMILES string of the molecule is O=C(c1ccccc1Oc1ccccc1)c1c(F)c(F)c(F)c(F)c1F. The number of hydrogen-bond acceptors (Lipinski definition) is 2. The van der Waals surface area contributed by atoms with E-state index in [1.807, 2.05) is 0 Å². The second-order valence-electron chi connectivity index (χ2n) is 5.19. The smallest absolute Gasteiger partial charge is 0.202 e. The monoisotopic (exact) mass is 364 g/mol. The van der Waals surface area contributed by atoms with E-state index >= 15 is 0 Å². The lowest BCUT2D eigenvalue weighted by atomic mass is 10.0. The molecule has 0 radical (unpaired) electrons. The molecule has 3 aromatic carbocycles. The van der Waals surface area contributed by atoms with Crippen molar-refractivity contribution < 1.29 is 31.5 Å². The maximum Gasteiger partial charge on any atom is 0.202 e. The second-order valence-corrected chi connectivity index (χ2v) is 5.19. The van der Waals surface area contributed by atoms with Gasteiger partial charge in [-0.15, -0.1) is 0 Å². The summed E-state index contributed by atoms with van der Waals surface area (Å²) in [4.78, 5) is 12.5. The van der Waals surface area contributed by atoms with Crippen molar-refractivity contribution in [3.05, 3.63) is 94.8 Å². The van der Waals surface area contributed by atoms with Gasteiger partial charge in [0.15, 0.2) is 23.3 Å². The quantitative estimate of drug-likeness (QED) is 0.268. The van der Waals surface area contributed by atoms with E-state index in [9.17, 15) is 26.7 Å². The molecule has 0 N–H and O–H groups in total. The van der Waals surface area contributed by atoms with Crippen LogP contribution in [0.5, 0.6) is 11.5 Å². The predicted molar refractivity (Wildman–Crippen MR) is 82.6 cm³/mol. The Morgan fingerprint density at radius 3 is 1.77 bits per heavy atom. The molecule has 0 aliphatic heterocycles. The average molecular weight is 364 g/mol. The lowest BCUT2D eigenvalue weighted by Crippen LogP contribution is -2.14. The van der Waals surface area contributed by atoms with Crippen molar-refractivity contribution in [2.75, 3.05) is 0 Å². The van der Waals surface area contributed by atoms with Crippen LogP contribution in [0.1, 0.15) is 15.9 Å². The molecule has 7 heteroatoms. The molecule has 0 saturated carbocycles. The Labute approximate surface area is 144 Å². The highest BCUT2D eigenvalue weighted by molar-refractivity contribution is 6.11. The normalized spacial score (nSPS) is 10.7. The van der Waals surface area contributed by atoms with Gasteiger partial charge in [0, 0.05) is 0 Å². The van der Waals surface area contributed by atoms with E-state index in [1.165, 1.54) is 24.3 Å². The van der Waals surface area contributed by atoms with Crippen LogP contribution in [0.3, 0.4) is 0 Å². The van der Waals surface area contributed by atoms with E-state index in [2.05, 4.69) is 0 Å². The van der Waals surface area contributed by atoms with E-state index in [1.54, 1.807) is 30.3 Å². The first-order valence-electron chi connectivity index (χ1n) is 7.30. The largest absolute Gasteiger partial charge is 0.457 e. The molecule has 132 valence electrons. The second kappa shape index (κ2) is 6.95. The molecule has 0 aliphatic rings. The highest BCUT2D eigenvalue weighted by atomic mass is 19.2. The minimum absolute atomic E-state index is 0.0901. The summed E-state index contributed by atoms with van der Waals surface area (Å²) in [5, 5.41) is 0. The number of ketones is 1. The van der Waals surface area contributed by atoms with E-state index in [4.69, 9.17) is 4.74 Å². The maximum atomic E-state index is 13.9. The molecule has 0 aromatic heterocycles. The summed E-state index contributed by atoms with van der Waals surface area (Å²) in [5.74, 6) is -12.2. The topological polar surface area (TPSA) is 26.3 Å². The van der Waals surface area contributed by atoms with E-state index in [-0.39, 0.29) is 11.3 Å². The highest BCUT2D eigenvalue weighted by Gasteiger charge is 2.31. The molecule has 3 aromatic rings. The Hall–Kier alpha value is -3.22. The molecule has 2 nitrogen and oxygen atoms in total. The third kappa shape index (κ3) is 3.03. The Balaban J connectivity index is 2.10. The van der Waals surface area contributed by atoms with Crippen LogP contribution >= 0.6 is 0 Å². The summed E-state index contributed by atoms with van der Waals surface area (Å²) in [6.45, 7) is 0. The molecular formula is C19H9F5O2. The molecule has 0 heterocycles. The number of carbonyl (C=O) groups excluding carboxylic acids is 1. The molecule has 0 saturated heterocycles. The first-order valence-corrected chi connectivity index (χ1v) is 7.30. The molecule has 0 aliphatic carbocycles.